The number of hydrogen-bond acceptors (Lipinski definition) is 3. The van der Waals surface area contributed by atoms with Crippen molar-refractivity contribution in [1.82, 2.24) is 0 Å². The van der Waals surface area contributed by atoms with Crippen LogP contribution < -0.4 is 4.74 Å². The molecule has 0 saturated heterocycles. The highest BCUT2D eigenvalue weighted by Crippen LogP contribution is 2.62. The molecule has 0 heterocycles. The van der Waals surface area contributed by atoms with E-state index in [1.165, 1.54) is 76.0 Å². The number of carbonyl (C=O) groups excluding carboxylic acids is 1. The smallest absolute Gasteiger partial charge is 0.343 e. The van der Waals surface area contributed by atoms with Gasteiger partial charge in [0, 0.05) is 5.56 Å². The lowest BCUT2D eigenvalue weighted by Crippen LogP contribution is -2.48. The van der Waals surface area contributed by atoms with Crippen LogP contribution in [0.4, 0.5) is 0 Å². The van der Waals surface area contributed by atoms with Crippen LogP contribution in [0.15, 0.2) is 55.3 Å². The molecule has 4 aliphatic carbocycles. The van der Waals surface area contributed by atoms with E-state index in [4.69, 9.17) is 9.47 Å². The fourth-order valence-corrected chi connectivity index (χ4v) is 7.63. The molecular formula is C32H40O3. The Morgan fingerprint density at radius 2 is 1.66 bits per heavy atom. The Morgan fingerprint density at radius 3 is 2.34 bits per heavy atom. The van der Waals surface area contributed by atoms with Gasteiger partial charge in [-0.25, -0.2) is 4.79 Å². The molecule has 0 N–H and O–H groups in total. The van der Waals surface area contributed by atoms with E-state index >= 15 is 0 Å². The van der Waals surface area contributed by atoms with Crippen molar-refractivity contribution in [2.45, 2.75) is 83.0 Å². The fourth-order valence-electron chi connectivity index (χ4n) is 7.63. The molecule has 6 rings (SSSR count). The highest BCUT2D eigenvalue weighted by molar-refractivity contribution is 5.97. The van der Waals surface area contributed by atoms with Gasteiger partial charge >= 0.3 is 5.97 Å². The first-order chi connectivity index (χ1) is 17.1. The Hall–Kier alpha value is -2.55. The van der Waals surface area contributed by atoms with E-state index in [1.807, 2.05) is 24.3 Å². The third-order valence-electron chi connectivity index (χ3n) is 8.75. The van der Waals surface area contributed by atoms with Crippen LogP contribution >= 0.6 is 0 Å². The van der Waals surface area contributed by atoms with Gasteiger partial charge in [-0.3, -0.25) is 0 Å². The van der Waals surface area contributed by atoms with Crippen molar-refractivity contribution >= 4 is 5.97 Å². The Bertz CT molecular complexity index is 1020. The van der Waals surface area contributed by atoms with Crippen molar-refractivity contribution in [2.24, 2.45) is 17.8 Å². The lowest BCUT2D eigenvalue weighted by atomic mass is 9.48. The van der Waals surface area contributed by atoms with Crippen LogP contribution in [0.1, 0.15) is 93.5 Å². The molecule has 4 saturated carbocycles. The standard InChI is InChI=1S/C32H40O3/c1-3-5-6-7-10-15-35-30-19-26(27-11-8-9-12-28(27)31(33)34-4-2)13-14-29(30)32-20-23-16-24(21-32)18-25(17-23)22-32/h4,8-9,11-14,19,23-25H,2-3,5-7,10,15-18,20-22H2,1H3. The summed E-state index contributed by atoms with van der Waals surface area (Å²) in [4.78, 5) is 12.6. The monoisotopic (exact) mass is 472 g/mol. The van der Waals surface area contributed by atoms with Gasteiger partial charge in [0.2, 0.25) is 0 Å². The Morgan fingerprint density at radius 1 is 0.971 bits per heavy atom. The lowest BCUT2D eigenvalue weighted by molar-refractivity contribution is -0.00639. The normalized spacial score (nSPS) is 26.5. The summed E-state index contributed by atoms with van der Waals surface area (Å²) in [5.41, 5.74) is 4.13. The van der Waals surface area contributed by atoms with Crippen LogP contribution in [0.2, 0.25) is 0 Å². The Balaban J connectivity index is 1.47. The van der Waals surface area contributed by atoms with Crippen molar-refractivity contribution in [1.29, 1.82) is 0 Å². The molecule has 4 fully saturated rings. The minimum Gasteiger partial charge on any atom is -0.493 e. The summed E-state index contributed by atoms with van der Waals surface area (Å²) >= 11 is 0. The Kier molecular flexibility index (Phi) is 7.32. The average molecular weight is 473 g/mol. The van der Waals surface area contributed by atoms with E-state index in [-0.39, 0.29) is 11.4 Å². The van der Waals surface area contributed by atoms with Crippen molar-refractivity contribution in [3.8, 4) is 16.9 Å². The molecule has 2 aromatic carbocycles. The van der Waals surface area contributed by atoms with E-state index in [0.29, 0.717) is 5.56 Å². The van der Waals surface area contributed by atoms with E-state index in [2.05, 4.69) is 31.7 Å². The molecule has 0 aliphatic heterocycles. The van der Waals surface area contributed by atoms with Crippen molar-refractivity contribution < 1.29 is 14.3 Å². The third kappa shape index (κ3) is 5.06. The molecule has 4 bridgehead atoms. The molecule has 2 aromatic rings. The molecule has 0 atom stereocenters. The zero-order chi connectivity index (χ0) is 24.3. The van der Waals surface area contributed by atoms with Gasteiger partial charge in [0.25, 0.3) is 0 Å². The first kappa shape index (κ1) is 24.2. The average Bonchev–Trinajstić information content (AvgIpc) is 2.85. The molecule has 0 unspecified atom stereocenters. The second-order valence-corrected chi connectivity index (χ2v) is 11.3. The zero-order valence-corrected chi connectivity index (χ0v) is 21.3. The number of benzene rings is 2. The van der Waals surface area contributed by atoms with Gasteiger partial charge in [0.1, 0.15) is 5.75 Å². The van der Waals surface area contributed by atoms with Gasteiger partial charge in [-0.1, -0.05) is 69.5 Å². The van der Waals surface area contributed by atoms with Crippen LogP contribution in [0, 0.1) is 17.8 Å². The molecular weight excluding hydrogens is 432 g/mol. The quantitative estimate of drug-likeness (QED) is 0.187. The predicted octanol–water partition coefficient (Wildman–Crippen LogP) is 8.47. The summed E-state index contributed by atoms with van der Waals surface area (Å²) in [5, 5.41) is 0. The van der Waals surface area contributed by atoms with Gasteiger partial charge in [-0.2, -0.15) is 0 Å². The number of esters is 1. The van der Waals surface area contributed by atoms with Crippen LogP contribution in [-0.2, 0) is 10.2 Å². The third-order valence-corrected chi connectivity index (χ3v) is 8.75. The first-order valence-electron chi connectivity index (χ1n) is 13.8. The van der Waals surface area contributed by atoms with E-state index in [0.717, 1.165) is 47.7 Å². The maximum absolute atomic E-state index is 12.6. The Labute approximate surface area is 210 Å². The van der Waals surface area contributed by atoms with Gasteiger partial charge in [0.05, 0.1) is 18.4 Å². The number of carbonyl (C=O) groups is 1. The van der Waals surface area contributed by atoms with Crippen molar-refractivity contribution in [3.63, 3.8) is 0 Å². The molecule has 186 valence electrons. The molecule has 35 heavy (non-hydrogen) atoms. The molecule has 4 aliphatic rings. The maximum Gasteiger partial charge on any atom is 0.343 e. The van der Waals surface area contributed by atoms with Gasteiger partial charge in [-0.15, -0.1) is 0 Å². The summed E-state index contributed by atoms with van der Waals surface area (Å²) < 4.78 is 11.7. The second-order valence-electron chi connectivity index (χ2n) is 11.3. The summed E-state index contributed by atoms with van der Waals surface area (Å²) in [7, 11) is 0. The van der Waals surface area contributed by atoms with E-state index in [1.54, 1.807) is 0 Å². The molecule has 0 radical (unpaired) electrons. The van der Waals surface area contributed by atoms with Crippen molar-refractivity contribution in [2.75, 3.05) is 6.61 Å². The predicted molar refractivity (Wildman–Crippen MR) is 142 cm³/mol. The number of unbranched alkanes of at least 4 members (excludes halogenated alkanes) is 4. The zero-order valence-electron chi connectivity index (χ0n) is 21.3. The summed E-state index contributed by atoms with van der Waals surface area (Å²) in [6.45, 7) is 6.55. The lowest BCUT2D eigenvalue weighted by Gasteiger charge is -2.57. The summed E-state index contributed by atoms with van der Waals surface area (Å²) in [6, 6.07) is 14.4. The van der Waals surface area contributed by atoms with Crippen LogP contribution in [0.25, 0.3) is 11.1 Å². The second kappa shape index (κ2) is 10.6. The number of rotatable bonds is 11. The maximum atomic E-state index is 12.6. The summed E-state index contributed by atoms with van der Waals surface area (Å²) in [6.07, 6.45) is 15.6. The van der Waals surface area contributed by atoms with E-state index < -0.39 is 0 Å². The van der Waals surface area contributed by atoms with Crippen LogP contribution in [0.5, 0.6) is 5.75 Å². The van der Waals surface area contributed by atoms with Crippen LogP contribution in [-0.4, -0.2) is 12.6 Å². The minimum atomic E-state index is -0.376. The number of hydrogen-bond donors (Lipinski definition) is 0. The first-order valence-corrected chi connectivity index (χ1v) is 13.8. The molecule has 0 amide bonds. The van der Waals surface area contributed by atoms with Gasteiger partial charge < -0.3 is 9.47 Å². The summed E-state index contributed by atoms with van der Waals surface area (Å²) in [5.74, 6) is 3.32. The molecule has 3 heteroatoms. The number of ether oxygens (including phenoxy) is 2. The van der Waals surface area contributed by atoms with Crippen molar-refractivity contribution in [3.05, 3.63) is 66.4 Å². The molecule has 3 nitrogen and oxygen atoms in total. The topological polar surface area (TPSA) is 35.5 Å². The van der Waals surface area contributed by atoms with E-state index in [9.17, 15) is 4.79 Å². The fraction of sp³-hybridized carbons (Fsp3) is 0.531. The highest BCUT2D eigenvalue weighted by atomic mass is 16.5. The minimum absolute atomic E-state index is 0.270. The van der Waals surface area contributed by atoms with Gasteiger partial charge in [-0.05, 0) is 91.4 Å². The highest BCUT2D eigenvalue weighted by Gasteiger charge is 2.52. The van der Waals surface area contributed by atoms with Gasteiger partial charge in [0.15, 0.2) is 0 Å². The van der Waals surface area contributed by atoms with Crippen LogP contribution in [0.3, 0.4) is 0 Å². The molecule has 0 aromatic heterocycles. The SMILES string of the molecule is C=COC(=O)c1ccccc1-c1ccc(C23CC4CC(CC(C4)C2)C3)c(OCCCCCCC)c1. The largest absolute Gasteiger partial charge is 0.493 e. The molecule has 0 spiro atoms.